The second-order valence-corrected chi connectivity index (χ2v) is 4.54. The highest BCUT2D eigenvalue weighted by atomic mass is 32.1. The Bertz CT molecular complexity index is 664. The average molecular weight is 254 g/mol. The molecule has 0 aliphatic heterocycles. The molecule has 0 bridgehead atoms. The number of pyridine rings is 1. The van der Waals surface area contributed by atoms with Crippen LogP contribution >= 0.6 is 11.5 Å². The lowest BCUT2D eigenvalue weighted by molar-refractivity contribution is 1.24. The highest BCUT2D eigenvalue weighted by molar-refractivity contribution is 7.09. The first-order valence-corrected chi connectivity index (χ1v) is 6.21. The topological polar surface area (TPSA) is 64.7 Å². The zero-order valence-corrected chi connectivity index (χ0v) is 10.3. The van der Waals surface area contributed by atoms with E-state index < -0.39 is 0 Å². The maximum absolute atomic E-state index is 5.58. The van der Waals surface area contributed by atoms with Gasteiger partial charge in [-0.25, -0.2) is 0 Å². The third kappa shape index (κ3) is 2.08. The normalized spacial score (nSPS) is 10.4. The Morgan fingerprint density at radius 2 is 1.83 bits per heavy atom. The van der Waals surface area contributed by atoms with Crippen LogP contribution in [-0.4, -0.2) is 14.3 Å². The van der Waals surface area contributed by atoms with Crippen LogP contribution in [0, 0.1) is 0 Å². The molecule has 18 heavy (non-hydrogen) atoms. The molecule has 0 spiro atoms. The van der Waals surface area contributed by atoms with Crippen LogP contribution < -0.4 is 5.73 Å². The monoisotopic (exact) mass is 254 g/mol. The molecule has 0 amide bonds. The minimum atomic E-state index is 0.455. The molecule has 5 heteroatoms. The number of nitrogens with two attached hydrogens (primary N) is 1. The van der Waals surface area contributed by atoms with Crippen molar-refractivity contribution in [2.75, 3.05) is 5.73 Å². The molecule has 0 saturated heterocycles. The van der Waals surface area contributed by atoms with Crippen molar-refractivity contribution < 1.29 is 0 Å². The first kappa shape index (κ1) is 10.9. The number of rotatable bonds is 2. The Morgan fingerprint density at radius 3 is 2.56 bits per heavy atom. The third-order valence-corrected chi connectivity index (χ3v) is 3.08. The van der Waals surface area contributed by atoms with Gasteiger partial charge < -0.3 is 5.73 Å². The van der Waals surface area contributed by atoms with Crippen molar-refractivity contribution in [2.24, 2.45) is 0 Å². The summed E-state index contributed by atoms with van der Waals surface area (Å²) in [5, 5.41) is 0.455. The highest BCUT2D eigenvalue weighted by Gasteiger charge is 2.07. The standard InChI is InChI=1S/C13H10N4S/c14-13-16-12(17-18-13)11-8-10(6-7-15-11)9-4-2-1-3-5-9/h1-8H,(H2,14,16,17). The van der Waals surface area contributed by atoms with E-state index in [0.717, 1.165) is 16.8 Å². The van der Waals surface area contributed by atoms with Gasteiger partial charge >= 0.3 is 0 Å². The zero-order chi connectivity index (χ0) is 12.4. The van der Waals surface area contributed by atoms with Crippen molar-refractivity contribution in [3.05, 3.63) is 48.7 Å². The van der Waals surface area contributed by atoms with Crippen LogP contribution in [0.2, 0.25) is 0 Å². The van der Waals surface area contributed by atoms with Crippen molar-refractivity contribution in [2.45, 2.75) is 0 Å². The highest BCUT2D eigenvalue weighted by Crippen LogP contribution is 2.23. The van der Waals surface area contributed by atoms with E-state index in [1.807, 2.05) is 30.3 Å². The fourth-order valence-corrected chi connectivity index (χ4v) is 2.14. The molecule has 2 heterocycles. The van der Waals surface area contributed by atoms with Crippen molar-refractivity contribution >= 4 is 16.7 Å². The van der Waals surface area contributed by atoms with Gasteiger partial charge in [-0.05, 0) is 23.3 Å². The summed E-state index contributed by atoms with van der Waals surface area (Å²) in [7, 11) is 0. The van der Waals surface area contributed by atoms with E-state index in [9.17, 15) is 0 Å². The van der Waals surface area contributed by atoms with Crippen LogP contribution in [-0.2, 0) is 0 Å². The molecule has 3 rings (SSSR count). The molecule has 3 aromatic rings. The predicted octanol–water partition coefficient (Wildman–Crippen LogP) is 2.85. The van der Waals surface area contributed by atoms with Gasteiger partial charge in [0.15, 0.2) is 11.0 Å². The van der Waals surface area contributed by atoms with Crippen LogP contribution in [0.25, 0.3) is 22.6 Å². The lowest BCUT2D eigenvalue weighted by Gasteiger charge is -2.02. The van der Waals surface area contributed by atoms with Crippen molar-refractivity contribution in [1.29, 1.82) is 0 Å². The van der Waals surface area contributed by atoms with E-state index in [2.05, 4.69) is 26.5 Å². The number of hydrogen-bond donors (Lipinski definition) is 1. The van der Waals surface area contributed by atoms with Gasteiger partial charge in [0.25, 0.3) is 0 Å². The lowest BCUT2D eigenvalue weighted by atomic mass is 10.1. The van der Waals surface area contributed by atoms with E-state index in [0.29, 0.717) is 11.0 Å². The van der Waals surface area contributed by atoms with E-state index >= 15 is 0 Å². The second kappa shape index (κ2) is 4.54. The summed E-state index contributed by atoms with van der Waals surface area (Å²) in [5.41, 5.74) is 8.56. The maximum atomic E-state index is 5.58. The third-order valence-electron chi connectivity index (χ3n) is 2.54. The number of aromatic nitrogens is 3. The SMILES string of the molecule is Nc1nc(-c2cc(-c3ccccc3)ccn2)ns1. The molecule has 0 aliphatic rings. The van der Waals surface area contributed by atoms with Gasteiger partial charge in [-0.15, -0.1) is 0 Å². The number of hydrogen-bond acceptors (Lipinski definition) is 5. The van der Waals surface area contributed by atoms with E-state index in [1.165, 1.54) is 11.5 Å². The van der Waals surface area contributed by atoms with Crippen molar-refractivity contribution in [3.8, 4) is 22.6 Å². The maximum Gasteiger partial charge on any atom is 0.200 e. The lowest BCUT2D eigenvalue weighted by Crippen LogP contribution is -1.88. The Balaban J connectivity index is 2.05. The van der Waals surface area contributed by atoms with E-state index in [1.54, 1.807) is 6.20 Å². The number of anilines is 1. The van der Waals surface area contributed by atoms with E-state index in [4.69, 9.17) is 5.73 Å². The second-order valence-electron chi connectivity index (χ2n) is 3.75. The average Bonchev–Trinajstić information content (AvgIpc) is 2.87. The molecule has 1 aromatic carbocycles. The Hall–Kier alpha value is -2.27. The van der Waals surface area contributed by atoms with Crippen molar-refractivity contribution in [3.63, 3.8) is 0 Å². The summed E-state index contributed by atoms with van der Waals surface area (Å²) in [5.74, 6) is 0.579. The van der Waals surface area contributed by atoms with Gasteiger partial charge in [0, 0.05) is 17.7 Å². The van der Waals surface area contributed by atoms with Crippen LogP contribution in [0.15, 0.2) is 48.7 Å². The molecule has 2 aromatic heterocycles. The molecule has 2 N–H and O–H groups in total. The summed E-state index contributed by atoms with van der Waals surface area (Å²) < 4.78 is 4.16. The van der Waals surface area contributed by atoms with Crippen LogP contribution in [0.5, 0.6) is 0 Å². The van der Waals surface area contributed by atoms with E-state index in [-0.39, 0.29) is 0 Å². The Kier molecular flexibility index (Phi) is 2.74. The van der Waals surface area contributed by atoms with Crippen molar-refractivity contribution in [1.82, 2.24) is 14.3 Å². The molecule has 0 unspecified atom stereocenters. The van der Waals surface area contributed by atoms with Crippen LogP contribution in [0.4, 0.5) is 5.13 Å². The summed E-state index contributed by atoms with van der Waals surface area (Å²) in [6, 6.07) is 14.1. The summed E-state index contributed by atoms with van der Waals surface area (Å²) in [6.45, 7) is 0. The Morgan fingerprint density at radius 1 is 1.00 bits per heavy atom. The van der Waals surface area contributed by atoms with Gasteiger partial charge in [0.1, 0.15) is 5.69 Å². The molecule has 0 radical (unpaired) electrons. The predicted molar refractivity (Wildman–Crippen MR) is 73.0 cm³/mol. The minimum absolute atomic E-state index is 0.455. The van der Waals surface area contributed by atoms with Gasteiger partial charge in [-0.1, -0.05) is 30.3 Å². The first-order valence-electron chi connectivity index (χ1n) is 5.44. The molecular formula is C13H10N4S. The largest absolute Gasteiger partial charge is 0.374 e. The van der Waals surface area contributed by atoms with Crippen LogP contribution in [0.3, 0.4) is 0 Å². The number of nitrogen functional groups attached to an aromatic ring is 1. The summed E-state index contributed by atoms with van der Waals surface area (Å²) in [4.78, 5) is 8.41. The molecule has 0 atom stereocenters. The fraction of sp³-hybridized carbons (Fsp3) is 0. The molecule has 0 aliphatic carbocycles. The number of nitrogens with zero attached hydrogens (tertiary/aromatic N) is 3. The number of benzene rings is 1. The molecule has 0 fully saturated rings. The van der Waals surface area contributed by atoms with Gasteiger partial charge in [-0.3, -0.25) is 4.98 Å². The molecule has 0 saturated carbocycles. The fourth-order valence-electron chi connectivity index (χ4n) is 1.70. The smallest absolute Gasteiger partial charge is 0.200 e. The Labute approximate surface area is 108 Å². The van der Waals surface area contributed by atoms with Gasteiger partial charge in [0.2, 0.25) is 0 Å². The molecule has 88 valence electrons. The zero-order valence-electron chi connectivity index (χ0n) is 9.45. The summed E-state index contributed by atoms with van der Waals surface area (Å²) >= 11 is 1.18. The first-order chi connectivity index (χ1) is 8.83. The van der Waals surface area contributed by atoms with Crippen LogP contribution in [0.1, 0.15) is 0 Å². The minimum Gasteiger partial charge on any atom is -0.374 e. The summed E-state index contributed by atoms with van der Waals surface area (Å²) in [6.07, 6.45) is 1.76. The molecule has 4 nitrogen and oxygen atoms in total. The van der Waals surface area contributed by atoms with Gasteiger partial charge in [0.05, 0.1) is 0 Å². The molecular weight excluding hydrogens is 244 g/mol. The van der Waals surface area contributed by atoms with Gasteiger partial charge in [-0.2, -0.15) is 9.36 Å². The quantitative estimate of drug-likeness (QED) is 0.763.